The van der Waals surface area contributed by atoms with Crippen LogP contribution in [0.15, 0.2) is 65.8 Å². The first-order valence-electron chi connectivity index (χ1n) is 6.87. The minimum absolute atomic E-state index is 0.676. The van der Waals surface area contributed by atoms with Crippen LogP contribution in [0.5, 0.6) is 0 Å². The van der Waals surface area contributed by atoms with Crippen molar-refractivity contribution in [3.05, 3.63) is 66.4 Å². The lowest BCUT2D eigenvalue weighted by atomic mass is 10.0. The summed E-state index contributed by atoms with van der Waals surface area (Å²) in [5.41, 5.74) is 3.58. The first kappa shape index (κ1) is 12.9. The summed E-state index contributed by atoms with van der Waals surface area (Å²) in [6, 6.07) is 19.9. The normalized spacial score (nSPS) is 10.9. The number of rotatable bonds is 1. The van der Waals surface area contributed by atoms with Crippen molar-refractivity contribution in [3.8, 4) is 11.8 Å². The van der Waals surface area contributed by atoms with Gasteiger partial charge in [-0.15, -0.1) is 12.6 Å². The highest BCUT2D eigenvalue weighted by Gasteiger charge is 2.12. The number of nitrogens with zero attached hydrogens (tertiary/aromatic N) is 3. The second-order valence-electron chi connectivity index (χ2n) is 5.04. The average Bonchev–Trinajstić information content (AvgIpc) is 2.89. The molecule has 0 bridgehead atoms. The molecule has 0 spiro atoms. The SMILES string of the molecule is N#Cc1ccc(-n2c(S)cc3ncccc32)c2ccccc12. The van der Waals surface area contributed by atoms with Crippen LogP contribution >= 0.6 is 12.6 Å². The first-order valence-corrected chi connectivity index (χ1v) is 7.32. The lowest BCUT2D eigenvalue weighted by molar-refractivity contribution is 1.01. The highest BCUT2D eigenvalue weighted by atomic mass is 32.1. The highest BCUT2D eigenvalue weighted by molar-refractivity contribution is 7.80. The molecule has 2 aromatic heterocycles. The van der Waals surface area contributed by atoms with Crippen LogP contribution in [0.3, 0.4) is 0 Å². The molecule has 0 aliphatic carbocycles. The lowest BCUT2D eigenvalue weighted by Crippen LogP contribution is -1.97. The van der Waals surface area contributed by atoms with Gasteiger partial charge in [-0.1, -0.05) is 24.3 Å². The predicted octanol–water partition coefficient (Wildman–Crippen LogP) is 4.34. The number of hydrogen-bond acceptors (Lipinski definition) is 3. The summed E-state index contributed by atoms with van der Waals surface area (Å²) in [5, 5.41) is 12.1. The number of benzene rings is 2. The van der Waals surface area contributed by atoms with Gasteiger partial charge in [0.25, 0.3) is 0 Å². The zero-order valence-electron chi connectivity index (χ0n) is 11.6. The molecule has 3 nitrogen and oxygen atoms in total. The van der Waals surface area contributed by atoms with E-state index in [0.29, 0.717) is 5.56 Å². The van der Waals surface area contributed by atoms with Crippen molar-refractivity contribution >= 4 is 34.4 Å². The van der Waals surface area contributed by atoms with Crippen molar-refractivity contribution in [1.82, 2.24) is 9.55 Å². The van der Waals surface area contributed by atoms with E-state index < -0.39 is 0 Å². The van der Waals surface area contributed by atoms with Gasteiger partial charge in [0, 0.05) is 17.0 Å². The van der Waals surface area contributed by atoms with Gasteiger partial charge >= 0.3 is 0 Å². The van der Waals surface area contributed by atoms with E-state index in [0.717, 1.165) is 32.5 Å². The second kappa shape index (κ2) is 4.90. The maximum Gasteiger partial charge on any atom is 0.0998 e. The Morgan fingerprint density at radius 2 is 1.82 bits per heavy atom. The fourth-order valence-electron chi connectivity index (χ4n) is 2.85. The van der Waals surface area contributed by atoms with Gasteiger partial charge in [0.2, 0.25) is 0 Å². The largest absolute Gasteiger partial charge is 0.302 e. The summed E-state index contributed by atoms with van der Waals surface area (Å²) in [4.78, 5) is 4.38. The van der Waals surface area contributed by atoms with Gasteiger partial charge in [-0.3, -0.25) is 4.98 Å². The Balaban J connectivity index is 2.14. The Hall–Kier alpha value is -2.77. The Labute approximate surface area is 132 Å². The summed E-state index contributed by atoms with van der Waals surface area (Å²) in [7, 11) is 0. The minimum Gasteiger partial charge on any atom is -0.302 e. The maximum absolute atomic E-state index is 9.30. The Morgan fingerprint density at radius 3 is 2.64 bits per heavy atom. The van der Waals surface area contributed by atoms with E-state index in [1.807, 2.05) is 54.6 Å². The number of aromatic nitrogens is 2. The van der Waals surface area contributed by atoms with Crippen molar-refractivity contribution in [2.45, 2.75) is 5.03 Å². The Morgan fingerprint density at radius 1 is 1.00 bits per heavy atom. The number of nitriles is 1. The molecule has 0 aliphatic rings. The van der Waals surface area contributed by atoms with E-state index in [9.17, 15) is 5.26 Å². The molecule has 0 saturated heterocycles. The van der Waals surface area contributed by atoms with Crippen LogP contribution in [0.2, 0.25) is 0 Å². The quantitative estimate of drug-likeness (QED) is 0.531. The van der Waals surface area contributed by atoms with Gasteiger partial charge in [0.15, 0.2) is 0 Å². The molecular weight excluding hydrogens is 290 g/mol. The molecule has 0 unspecified atom stereocenters. The molecule has 4 aromatic rings. The van der Waals surface area contributed by atoms with E-state index in [1.54, 1.807) is 6.20 Å². The third-order valence-corrected chi connectivity index (χ3v) is 4.14. The fourth-order valence-corrected chi connectivity index (χ4v) is 3.19. The first-order chi connectivity index (χ1) is 10.8. The standard InChI is InChI=1S/C18H11N3S/c19-11-12-7-8-16(14-5-2-1-4-13(12)14)21-17-6-3-9-20-15(17)10-18(21)22/h1-10,22H. The molecular formula is C18H11N3S. The molecule has 104 valence electrons. The fraction of sp³-hybridized carbons (Fsp3) is 0. The van der Waals surface area contributed by atoms with Crippen molar-refractivity contribution in [2.24, 2.45) is 0 Å². The van der Waals surface area contributed by atoms with Crippen molar-refractivity contribution in [3.63, 3.8) is 0 Å². The predicted molar refractivity (Wildman–Crippen MR) is 90.5 cm³/mol. The highest BCUT2D eigenvalue weighted by Crippen LogP contribution is 2.31. The summed E-state index contributed by atoms with van der Waals surface area (Å²) >= 11 is 4.60. The van der Waals surface area contributed by atoms with E-state index in [4.69, 9.17) is 0 Å². The number of pyridine rings is 1. The van der Waals surface area contributed by atoms with E-state index in [-0.39, 0.29) is 0 Å². The second-order valence-corrected chi connectivity index (χ2v) is 5.49. The Bertz CT molecular complexity index is 1060. The van der Waals surface area contributed by atoms with Gasteiger partial charge < -0.3 is 4.57 Å². The number of thiol groups is 1. The van der Waals surface area contributed by atoms with Crippen LogP contribution in [-0.2, 0) is 0 Å². The zero-order valence-corrected chi connectivity index (χ0v) is 12.5. The lowest BCUT2D eigenvalue weighted by Gasteiger charge is -2.12. The number of hydrogen-bond donors (Lipinski definition) is 1. The molecule has 2 aromatic carbocycles. The van der Waals surface area contributed by atoms with Crippen LogP contribution in [0.4, 0.5) is 0 Å². The Kier molecular flexibility index (Phi) is 2.88. The van der Waals surface area contributed by atoms with Gasteiger partial charge in [0.05, 0.1) is 33.4 Å². The summed E-state index contributed by atoms with van der Waals surface area (Å²) in [6.45, 7) is 0. The molecule has 0 radical (unpaired) electrons. The van der Waals surface area contributed by atoms with Gasteiger partial charge in [-0.05, 0) is 30.3 Å². The molecule has 22 heavy (non-hydrogen) atoms. The molecule has 0 amide bonds. The molecule has 0 aliphatic heterocycles. The number of fused-ring (bicyclic) bond motifs is 2. The van der Waals surface area contributed by atoms with Crippen LogP contribution in [-0.4, -0.2) is 9.55 Å². The third kappa shape index (κ3) is 1.80. The summed E-state index contributed by atoms with van der Waals surface area (Å²) < 4.78 is 2.06. The summed E-state index contributed by atoms with van der Waals surface area (Å²) in [6.07, 6.45) is 1.77. The smallest absolute Gasteiger partial charge is 0.0998 e. The van der Waals surface area contributed by atoms with E-state index in [1.165, 1.54) is 0 Å². The minimum atomic E-state index is 0.676. The van der Waals surface area contributed by atoms with E-state index >= 15 is 0 Å². The van der Waals surface area contributed by atoms with Crippen molar-refractivity contribution in [1.29, 1.82) is 5.26 Å². The van der Waals surface area contributed by atoms with E-state index in [2.05, 4.69) is 28.2 Å². The van der Waals surface area contributed by atoms with Crippen LogP contribution in [0.25, 0.3) is 27.5 Å². The van der Waals surface area contributed by atoms with Crippen molar-refractivity contribution in [2.75, 3.05) is 0 Å². The topological polar surface area (TPSA) is 41.6 Å². The average molecular weight is 301 g/mol. The van der Waals surface area contributed by atoms with Gasteiger partial charge in [0.1, 0.15) is 0 Å². The van der Waals surface area contributed by atoms with Crippen LogP contribution in [0, 0.1) is 11.3 Å². The molecule has 4 rings (SSSR count). The van der Waals surface area contributed by atoms with Crippen molar-refractivity contribution < 1.29 is 0 Å². The van der Waals surface area contributed by atoms with Crippen LogP contribution < -0.4 is 0 Å². The molecule has 0 N–H and O–H groups in total. The molecule has 0 fully saturated rings. The van der Waals surface area contributed by atoms with Gasteiger partial charge in [-0.25, -0.2) is 0 Å². The summed E-state index contributed by atoms with van der Waals surface area (Å²) in [5.74, 6) is 0. The maximum atomic E-state index is 9.30. The molecule has 0 saturated carbocycles. The molecule has 2 heterocycles. The van der Waals surface area contributed by atoms with Crippen LogP contribution in [0.1, 0.15) is 5.56 Å². The molecule has 4 heteroatoms. The monoisotopic (exact) mass is 301 g/mol. The third-order valence-electron chi connectivity index (χ3n) is 3.81. The molecule has 0 atom stereocenters. The zero-order chi connectivity index (χ0) is 15.1. The van der Waals surface area contributed by atoms with Gasteiger partial charge in [-0.2, -0.15) is 5.26 Å².